The minimum Gasteiger partial charge on any atom is -0.311 e. The molecule has 0 unspecified atom stereocenters. The van der Waals surface area contributed by atoms with Gasteiger partial charge < -0.3 is 5.01 Å². The quantitative estimate of drug-likeness (QED) is 0.523. The van der Waals surface area contributed by atoms with Gasteiger partial charge in [0.15, 0.2) is 0 Å². The number of benzene rings is 1. The predicted octanol–water partition coefficient (Wildman–Crippen LogP) is 2.97. The van der Waals surface area contributed by atoms with Crippen LogP contribution in [0.3, 0.4) is 0 Å². The molecule has 2 rings (SSSR count). The van der Waals surface area contributed by atoms with Crippen LogP contribution in [0.25, 0.3) is 0 Å². The fourth-order valence-corrected chi connectivity index (χ4v) is 1.78. The molecule has 0 radical (unpaired) electrons. The Labute approximate surface area is 112 Å². The lowest BCUT2D eigenvalue weighted by molar-refractivity contribution is 0.821. The fourth-order valence-electron chi connectivity index (χ4n) is 1.67. The van der Waals surface area contributed by atoms with Crippen LogP contribution in [-0.2, 0) is 6.42 Å². The molecule has 0 bridgehead atoms. The Bertz CT molecular complexity index is 493. The van der Waals surface area contributed by atoms with E-state index in [1.165, 1.54) is 5.56 Å². The number of halogens is 1. The van der Waals surface area contributed by atoms with Crippen molar-refractivity contribution in [2.24, 2.45) is 5.84 Å². The smallest absolute Gasteiger partial charge is 0.129 e. The maximum atomic E-state index is 6.01. The number of rotatable bonds is 4. The summed E-state index contributed by atoms with van der Waals surface area (Å²) in [5.41, 5.74) is 3.37. The van der Waals surface area contributed by atoms with Gasteiger partial charge in [-0.25, -0.2) is 10.8 Å². The van der Waals surface area contributed by atoms with E-state index in [1.54, 1.807) is 17.3 Å². The number of nitrogens with two attached hydrogens (primary N) is 1. The van der Waals surface area contributed by atoms with Gasteiger partial charge >= 0.3 is 0 Å². The summed E-state index contributed by atoms with van der Waals surface area (Å²) < 4.78 is 0. The van der Waals surface area contributed by atoms with E-state index < -0.39 is 0 Å². The van der Waals surface area contributed by atoms with Gasteiger partial charge in [-0.05, 0) is 37.1 Å². The van der Waals surface area contributed by atoms with Crippen molar-refractivity contribution in [3.8, 4) is 0 Å². The first kappa shape index (κ1) is 12.9. The molecule has 0 amide bonds. The van der Waals surface area contributed by atoms with Gasteiger partial charge in [-0.3, -0.25) is 0 Å². The van der Waals surface area contributed by atoms with Gasteiger partial charge in [0, 0.05) is 12.7 Å². The molecule has 0 saturated heterocycles. The monoisotopic (exact) mass is 261 g/mol. The second kappa shape index (κ2) is 5.85. The van der Waals surface area contributed by atoms with E-state index in [0.29, 0.717) is 5.15 Å². The topological polar surface area (TPSA) is 42.1 Å². The zero-order valence-corrected chi connectivity index (χ0v) is 11.1. The second-order valence-corrected chi connectivity index (χ2v) is 4.66. The van der Waals surface area contributed by atoms with Gasteiger partial charge in [-0.2, -0.15) is 0 Å². The zero-order valence-electron chi connectivity index (χ0n) is 10.3. The molecule has 0 fully saturated rings. The van der Waals surface area contributed by atoms with Gasteiger partial charge in [0.1, 0.15) is 5.15 Å². The second-order valence-electron chi connectivity index (χ2n) is 4.27. The third-order valence-corrected chi connectivity index (χ3v) is 3.02. The number of hydrogen-bond donors (Lipinski definition) is 1. The highest BCUT2D eigenvalue weighted by Crippen LogP contribution is 2.13. The van der Waals surface area contributed by atoms with Crippen LogP contribution >= 0.6 is 11.6 Å². The Morgan fingerprint density at radius 1 is 1.17 bits per heavy atom. The average molecular weight is 262 g/mol. The van der Waals surface area contributed by atoms with Crippen molar-refractivity contribution >= 4 is 17.3 Å². The van der Waals surface area contributed by atoms with Crippen LogP contribution in [0.2, 0.25) is 5.15 Å². The third kappa shape index (κ3) is 3.45. The molecule has 0 aliphatic carbocycles. The molecule has 0 saturated carbocycles. The SMILES string of the molecule is Cc1ccc(N(N)CCc2ccc(Cl)nc2)cc1. The molecule has 0 spiro atoms. The van der Waals surface area contributed by atoms with E-state index in [9.17, 15) is 0 Å². The highest BCUT2D eigenvalue weighted by Gasteiger charge is 2.02. The van der Waals surface area contributed by atoms with E-state index in [4.69, 9.17) is 17.4 Å². The lowest BCUT2D eigenvalue weighted by Crippen LogP contribution is -2.32. The standard InChI is InChI=1S/C14H16ClN3/c1-11-2-5-13(6-3-11)18(16)9-8-12-4-7-14(15)17-10-12/h2-7,10H,8-9,16H2,1H3. The molecule has 0 atom stereocenters. The van der Waals surface area contributed by atoms with Crippen LogP contribution in [0.15, 0.2) is 42.6 Å². The van der Waals surface area contributed by atoms with Crippen LogP contribution in [0.5, 0.6) is 0 Å². The summed E-state index contributed by atoms with van der Waals surface area (Å²) in [6.07, 6.45) is 2.62. The summed E-state index contributed by atoms with van der Waals surface area (Å²) in [5, 5.41) is 2.26. The normalized spacial score (nSPS) is 10.4. The van der Waals surface area contributed by atoms with Crippen molar-refractivity contribution in [1.29, 1.82) is 0 Å². The number of hydrazine groups is 1. The van der Waals surface area contributed by atoms with Gasteiger partial charge in [-0.1, -0.05) is 35.4 Å². The number of pyridine rings is 1. The van der Waals surface area contributed by atoms with E-state index in [1.807, 2.05) is 18.2 Å². The molecule has 2 N–H and O–H groups in total. The van der Waals surface area contributed by atoms with E-state index in [2.05, 4.69) is 24.0 Å². The van der Waals surface area contributed by atoms with Gasteiger partial charge in [0.2, 0.25) is 0 Å². The summed E-state index contributed by atoms with van der Waals surface area (Å²) >= 11 is 5.74. The molecule has 0 aliphatic rings. The highest BCUT2D eigenvalue weighted by molar-refractivity contribution is 6.29. The van der Waals surface area contributed by atoms with Crippen molar-refractivity contribution in [1.82, 2.24) is 4.98 Å². The highest BCUT2D eigenvalue weighted by atomic mass is 35.5. The van der Waals surface area contributed by atoms with Gasteiger partial charge in [0.05, 0.1) is 5.69 Å². The van der Waals surface area contributed by atoms with E-state index >= 15 is 0 Å². The first-order valence-corrected chi connectivity index (χ1v) is 6.22. The van der Waals surface area contributed by atoms with E-state index in [0.717, 1.165) is 24.2 Å². The Balaban J connectivity index is 1.93. The molecule has 2 aromatic rings. The summed E-state index contributed by atoms with van der Waals surface area (Å²) in [6.45, 7) is 2.80. The molecule has 3 nitrogen and oxygen atoms in total. The fraction of sp³-hybridized carbons (Fsp3) is 0.214. The summed E-state index contributed by atoms with van der Waals surface area (Å²) in [6, 6.07) is 11.9. The molecule has 4 heteroatoms. The lowest BCUT2D eigenvalue weighted by atomic mass is 10.2. The molecule has 0 aliphatic heterocycles. The van der Waals surface area contributed by atoms with Gasteiger partial charge in [0.25, 0.3) is 0 Å². The Morgan fingerprint density at radius 2 is 1.89 bits per heavy atom. The average Bonchev–Trinajstić information content (AvgIpc) is 2.38. The van der Waals surface area contributed by atoms with Crippen LogP contribution in [-0.4, -0.2) is 11.5 Å². The number of hydrogen-bond acceptors (Lipinski definition) is 3. The first-order chi connectivity index (χ1) is 8.65. The summed E-state index contributed by atoms with van der Waals surface area (Å²) in [7, 11) is 0. The number of aromatic nitrogens is 1. The van der Waals surface area contributed by atoms with Crippen molar-refractivity contribution in [3.63, 3.8) is 0 Å². The number of aryl methyl sites for hydroxylation is 1. The maximum Gasteiger partial charge on any atom is 0.129 e. The molecular weight excluding hydrogens is 246 g/mol. The Hall–Kier alpha value is -1.58. The van der Waals surface area contributed by atoms with Crippen molar-refractivity contribution < 1.29 is 0 Å². The Kier molecular flexibility index (Phi) is 4.18. The molecule has 94 valence electrons. The largest absolute Gasteiger partial charge is 0.311 e. The maximum absolute atomic E-state index is 6.01. The van der Waals surface area contributed by atoms with Crippen molar-refractivity contribution in [2.75, 3.05) is 11.6 Å². The van der Waals surface area contributed by atoms with Gasteiger partial charge in [-0.15, -0.1) is 0 Å². The summed E-state index contributed by atoms with van der Waals surface area (Å²) in [5.74, 6) is 6.01. The number of anilines is 1. The minimum absolute atomic E-state index is 0.516. The minimum atomic E-state index is 0.516. The van der Waals surface area contributed by atoms with Crippen molar-refractivity contribution in [3.05, 3.63) is 58.9 Å². The van der Waals surface area contributed by atoms with Crippen LogP contribution in [0, 0.1) is 6.92 Å². The zero-order chi connectivity index (χ0) is 13.0. The molecule has 18 heavy (non-hydrogen) atoms. The predicted molar refractivity (Wildman–Crippen MR) is 75.7 cm³/mol. The van der Waals surface area contributed by atoms with Crippen LogP contribution < -0.4 is 10.9 Å². The molecular formula is C14H16ClN3. The molecule has 1 aromatic heterocycles. The van der Waals surface area contributed by atoms with Crippen molar-refractivity contribution in [2.45, 2.75) is 13.3 Å². The van der Waals surface area contributed by atoms with Crippen LogP contribution in [0.4, 0.5) is 5.69 Å². The lowest BCUT2D eigenvalue weighted by Gasteiger charge is -2.18. The summed E-state index contributed by atoms with van der Waals surface area (Å²) in [4.78, 5) is 4.05. The Morgan fingerprint density at radius 3 is 2.50 bits per heavy atom. The molecule has 1 aromatic carbocycles. The first-order valence-electron chi connectivity index (χ1n) is 5.84. The number of nitrogens with zero attached hydrogens (tertiary/aromatic N) is 2. The van der Waals surface area contributed by atoms with E-state index in [-0.39, 0.29) is 0 Å². The van der Waals surface area contributed by atoms with Crippen LogP contribution in [0.1, 0.15) is 11.1 Å². The molecule has 1 heterocycles. The third-order valence-electron chi connectivity index (χ3n) is 2.80.